The van der Waals surface area contributed by atoms with Gasteiger partial charge in [-0.1, -0.05) is 54.6 Å². The van der Waals surface area contributed by atoms with Crippen molar-refractivity contribution in [2.24, 2.45) is 0 Å². The average molecular weight is 442 g/mol. The molecule has 32 heavy (non-hydrogen) atoms. The molecule has 162 valence electrons. The lowest BCUT2D eigenvalue weighted by atomic mass is 10.1. The van der Waals surface area contributed by atoms with Gasteiger partial charge >= 0.3 is 0 Å². The second-order valence-corrected chi connectivity index (χ2v) is 8.69. The van der Waals surface area contributed by atoms with Gasteiger partial charge in [-0.3, -0.25) is 4.79 Å². The van der Waals surface area contributed by atoms with Crippen LogP contribution < -0.4 is 10.2 Å². The lowest BCUT2D eigenvalue weighted by Crippen LogP contribution is -2.28. The lowest BCUT2D eigenvalue weighted by Gasteiger charge is -2.19. The SMILES string of the molecule is CN(CCCNC(=O)c1ccc(CSc2ccc3ccccc3n2)cc1)c1ccccc1. The molecule has 3 aromatic carbocycles. The number of fused-ring (bicyclic) bond motifs is 1. The number of thioether (sulfide) groups is 1. The molecule has 1 N–H and O–H groups in total. The minimum Gasteiger partial charge on any atom is -0.375 e. The molecule has 0 bridgehead atoms. The van der Waals surface area contributed by atoms with Crippen molar-refractivity contribution >= 4 is 34.3 Å². The smallest absolute Gasteiger partial charge is 0.251 e. The predicted molar refractivity (Wildman–Crippen MR) is 134 cm³/mol. The number of nitrogens with one attached hydrogen (secondary N) is 1. The van der Waals surface area contributed by atoms with Crippen LogP contribution in [-0.4, -0.2) is 31.0 Å². The van der Waals surface area contributed by atoms with E-state index in [0.717, 1.165) is 34.6 Å². The summed E-state index contributed by atoms with van der Waals surface area (Å²) in [7, 11) is 2.07. The Morgan fingerprint density at radius 3 is 2.47 bits per heavy atom. The van der Waals surface area contributed by atoms with Crippen molar-refractivity contribution in [2.75, 3.05) is 25.0 Å². The molecule has 0 aliphatic carbocycles. The first-order valence-corrected chi connectivity index (χ1v) is 11.8. The van der Waals surface area contributed by atoms with Gasteiger partial charge in [0.1, 0.15) is 0 Å². The Kier molecular flexibility index (Phi) is 7.41. The fourth-order valence-corrected chi connectivity index (χ4v) is 4.30. The van der Waals surface area contributed by atoms with Crippen LogP contribution in [0.25, 0.3) is 10.9 Å². The molecule has 0 aliphatic heterocycles. The van der Waals surface area contributed by atoms with Crippen LogP contribution in [0.4, 0.5) is 5.69 Å². The van der Waals surface area contributed by atoms with Gasteiger partial charge in [0.05, 0.1) is 10.5 Å². The fourth-order valence-electron chi connectivity index (χ4n) is 3.47. The molecule has 0 spiro atoms. The summed E-state index contributed by atoms with van der Waals surface area (Å²) in [5.41, 5.74) is 4.07. The van der Waals surface area contributed by atoms with E-state index in [0.29, 0.717) is 12.1 Å². The first-order valence-electron chi connectivity index (χ1n) is 10.8. The number of carbonyl (C=O) groups excluding carboxylic acids is 1. The maximum atomic E-state index is 12.4. The first-order chi connectivity index (χ1) is 15.7. The Labute approximate surface area is 193 Å². The van der Waals surface area contributed by atoms with Crippen molar-refractivity contribution in [3.05, 3.63) is 102 Å². The van der Waals surface area contributed by atoms with E-state index < -0.39 is 0 Å². The minimum atomic E-state index is -0.0252. The summed E-state index contributed by atoms with van der Waals surface area (Å²) in [5.74, 6) is 0.793. The van der Waals surface area contributed by atoms with Crippen LogP contribution in [0.15, 0.2) is 96.0 Å². The van der Waals surface area contributed by atoms with Crippen LogP contribution in [0.1, 0.15) is 22.3 Å². The van der Waals surface area contributed by atoms with Crippen LogP contribution in [0.2, 0.25) is 0 Å². The largest absolute Gasteiger partial charge is 0.375 e. The number of rotatable bonds is 9. The Bertz CT molecular complexity index is 1160. The van der Waals surface area contributed by atoms with E-state index in [4.69, 9.17) is 4.98 Å². The molecule has 1 amide bonds. The number of hydrogen-bond donors (Lipinski definition) is 1. The summed E-state index contributed by atoms with van der Waals surface area (Å²) in [6, 6.07) is 30.4. The average Bonchev–Trinajstić information content (AvgIpc) is 2.86. The van der Waals surface area contributed by atoms with Crippen molar-refractivity contribution in [2.45, 2.75) is 17.2 Å². The minimum absolute atomic E-state index is 0.0252. The zero-order valence-corrected chi connectivity index (χ0v) is 19.0. The highest BCUT2D eigenvalue weighted by Gasteiger charge is 2.06. The molecule has 0 unspecified atom stereocenters. The van der Waals surface area contributed by atoms with Crippen molar-refractivity contribution in [1.29, 1.82) is 0 Å². The topological polar surface area (TPSA) is 45.2 Å². The van der Waals surface area contributed by atoms with Crippen LogP contribution in [0, 0.1) is 0 Å². The Hall–Kier alpha value is -3.31. The second-order valence-electron chi connectivity index (χ2n) is 7.69. The van der Waals surface area contributed by atoms with Gasteiger partial charge in [-0.15, -0.1) is 11.8 Å². The van der Waals surface area contributed by atoms with E-state index in [2.05, 4.69) is 47.6 Å². The summed E-state index contributed by atoms with van der Waals surface area (Å²) in [6.45, 7) is 1.55. The number of carbonyl (C=O) groups is 1. The number of aromatic nitrogens is 1. The number of amides is 1. The van der Waals surface area contributed by atoms with Crippen LogP contribution in [0.5, 0.6) is 0 Å². The molecule has 4 rings (SSSR count). The quantitative estimate of drug-likeness (QED) is 0.264. The van der Waals surface area contributed by atoms with Gasteiger partial charge in [-0.2, -0.15) is 0 Å². The first kappa shape index (κ1) is 21.9. The maximum absolute atomic E-state index is 12.4. The van der Waals surface area contributed by atoms with Gasteiger partial charge in [0.15, 0.2) is 0 Å². The summed E-state index contributed by atoms with van der Waals surface area (Å²) in [6.07, 6.45) is 0.893. The summed E-state index contributed by atoms with van der Waals surface area (Å²) in [5, 5.41) is 5.18. The molecule has 0 aliphatic rings. The number of anilines is 1. The highest BCUT2D eigenvalue weighted by atomic mass is 32.2. The monoisotopic (exact) mass is 441 g/mol. The molecule has 5 heteroatoms. The lowest BCUT2D eigenvalue weighted by molar-refractivity contribution is 0.0953. The summed E-state index contributed by atoms with van der Waals surface area (Å²) >= 11 is 1.70. The molecule has 0 fully saturated rings. The zero-order chi connectivity index (χ0) is 22.2. The highest BCUT2D eigenvalue weighted by molar-refractivity contribution is 7.98. The highest BCUT2D eigenvalue weighted by Crippen LogP contribution is 2.23. The number of para-hydroxylation sites is 2. The van der Waals surface area contributed by atoms with Crippen molar-refractivity contribution in [3.63, 3.8) is 0 Å². The Morgan fingerprint density at radius 2 is 1.66 bits per heavy atom. The van der Waals surface area contributed by atoms with E-state index in [9.17, 15) is 4.79 Å². The van der Waals surface area contributed by atoms with E-state index >= 15 is 0 Å². The molecule has 0 atom stereocenters. The third-order valence-electron chi connectivity index (χ3n) is 5.33. The van der Waals surface area contributed by atoms with Crippen molar-refractivity contribution < 1.29 is 4.79 Å². The number of nitrogens with zero attached hydrogens (tertiary/aromatic N) is 2. The van der Waals surface area contributed by atoms with Gasteiger partial charge in [0, 0.05) is 42.5 Å². The fraction of sp³-hybridized carbons (Fsp3) is 0.185. The van der Waals surface area contributed by atoms with E-state index in [1.807, 2.05) is 60.7 Å². The van der Waals surface area contributed by atoms with Gasteiger partial charge in [-0.05, 0) is 48.4 Å². The molecule has 1 heterocycles. The molecule has 0 saturated heterocycles. The Balaban J connectivity index is 1.22. The van der Waals surface area contributed by atoms with Gasteiger partial charge in [0.25, 0.3) is 5.91 Å². The number of hydrogen-bond acceptors (Lipinski definition) is 4. The zero-order valence-electron chi connectivity index (χ0n) is 18.2. The standard InChI is InChI=1S/C27H27N3OS/c1-30(24-9-3-2-4-10-24)19-7-18-28-27(31)23-14-12-21(13-15-23)20-32-26-17-16-22-8-5-6-11-25(22)29-26/h2-6,8-17H,7,18-20H2,1H3,(H,28,31). The van der Waals surface area contributed by atoms with Crippen molar-refractivity contribution in [1.82, 2.24) is 10.3 Å². The molecular weight excluding hydrogens is 414 g/mol. The van der Waals surface area contributed by atoms with E-state index in [1.54, 1.807) is 11.8 Å². The molecule has 0 radical (unpaired) electrons. The third-order valence-corrected chi connectivity index (χ3v) is 6.33. The molecular formula is C27H27N3OS. The number of pyridine rings is 1. The van der Waals surface area contributed by atoms with Crippen LogP contribution in [-0.2, 0) is 5.75 Å². The van der Waals surface area contributed by atoms with Gasteiger partial charge in [0.2, 0.25) is 0 Å². The van der Waals surface area contributed by atoms with Crippen LogP contribution >= 0.6 is 11.8 Å². The summed E-state index contributed by atoms with van der Waals surface area (Å²) < 4.78 is 0. The molecule has 4 nitrogen and oxygen atoms in total. The normalized spacial score (nSPS) is 10.8. The Morgan fingerprint density at radius 1 is 0.906 bits per heavy atom. The molecule has 4 aromatic rings. The van der Waals surface area contributed by atoms with Gasteiger partial charge < -0.3 is 10.2 Å². The predicted octanol–water partition coefficient (Wildman–Crippen LogP) is 5.78. The molecule has 1 aromatic heterocycles. The van der Waals surface area contributed by atoms with Gasteiger partial charge in [-0.25, -0.2) is 4.98 Å². The third kappa shape index (κ3) is 5.89. The number of benzene rings is 3. The second kappa shape index (κ2) is 10.8. The van der Waals surface area contributed by atoms with Crippen LogP contribution in [0.3, 0.4) is 0 Å². The van der Waals surface area contributed by atoms with E-state index in [1.165, 1.54) is 11.3 Å². The van der Waals surface area contributed by atoms with Crippen molar-refractivity contribution in [3.8, 4) is 0 Å². The maximum Gasteiger partial charge on any atom is 0.251 e. The summed E-state index contributed by atoms with van der Waals surface area (Å²) in [4.78, 5) is 19.3. The molecule has 0 saturated carbocycles. The van der Waals surface area contributed by atoms with E-state index in [-0.39, 0.29) is 5.91 Å².